The minimum Gasteiger partial charge on any atom is -0.481 e. The minimum atomic E-state index is -0.0175. The van der Waals surface area contributed by atoms with Gasteiger partial charge in [0.2, 0.25) is 5.88 Å². The van der Waals surface area contributed by atoms with Crippen LogP contribution in [0, 0.1) is 5.41 Å². The predicted octanol–water partition coefficient (Wildman–Crippen LogP) is 2.73. The van der Waals surface area contributed by atoms with Gasteiger partial charge < -0.3 is 24.6 Å². The van der Waals surface area contributed by atoms with Gasteiger partial charge in [0.25, 0.3) is 5.91 Å². The van der Waals surface area contributed by atoms with Crippen LogP contribution in [0.5, 0.6) is 5.88 Å². The van der Waals surface area contributed by atoms with Gasteiger partial charge in [-0.2, -0.15) is 0 Å². The molecule has 164 valence electrons. The van der Waals surface area contributed by atoms with Crippen LogP contribution in [0.1, 0.15) is 42.5 Å². The van der Waals surface area contributed by atoms with E-state index in [1.807, 2.05) is 4.90 Å². The zero-order valence-corrected chi connectivity index (χ0v) is 18.9. The van der Waals surface area contributed by atoms with E-state index < -0.39 is 0 Å². The van der Waals surface area contributed by atoms with E-state index in [0.717, 1.165) is 76.5 Å². The first-order valence-electron chi connectivity index (χ1n) is 10.6. The zero-order valence-electron chi connectivity index (χ0n) is 17.4. The standard InChI is InChI=1S/C21H29ClN4O3S/c1-28-18-12-15(11-17(22)24-18)19(27)25-7-4-21(5-8-25)6-9-26(14-21)20(30)23-13-16-3-2-10-29-16/h11-12,16H,2-10,13-14H2,1H3,(H,23,30). The molecule has 1 N–H and O–H groups in total. The number of hydrogen-bond donors (Lipinski definition) is 1. The van der Waals surface area contributed by atoms with E-state index in [-0.39, 0.29) is 22.6 Å². The van der Waals surface area contributed by atoms with Crippen molar-refractivity contribution in [2.75, 3.05) is 46.4 Å². The van der Waals surface area contributed by atoms with Gasteiger partial charge in [0.15, 0.2) is 5.11 Å². The molecule has 0 saturated carbocycles. The fraction of sp³-hybridized carbons (Fsp3) is 0.667. The molecule has 3 aliphatic heterocycles. The molecule has 3 aliphatic rings. The van der Waals surface area contributed by atoms with Gasteiger partial charge in [-0.3, -0.25) is 4.79 Å². The van der Waals surface area contributed by atoms with E-state index in [4.69, 9.17) is 33.3 Å². The van der Waals surface area contributed by atoms with Crippen molar-refractivity contribution < 1.29 is 14.3 Å². The lowest BCUT2D eigenvalue weighted by Gasteiger charge is -2.39. The highest BCUT2D eigenvalue weighted by Gasteiger charge is 2.42. The van der Waals surface area contributed by atoms with Crippen molar-refractivity contribution in [3.63, 3.8) is 0 Å². The zero-order chi connectivity index (χ0) is 21.1. The van der Waals surface area contributed by atoms with Gasteiger partial charge in [-0.15, -0.1) is 0 Å². The summed E-state index contributed by atoms with van der Waals surface area (Å²) in [6, 6.07) is 3.25. The summed E-state index contributed by atoms with van der Waals surface area (Å²) >= 11 is 11.7. The number of methoxy groups -OCH3 is 1. The Balaban J connectivity index is 1.29. The quantitative estimate of drug-likeness (QED) is 0.556. The number of rotatable bonds is 4. The van der Waals surface area contributed by atoms with Crippen molar-refractivity contribution in [2.45, 2.75) is 38.2 Å². The molecule has 1 amide bonds. The van der Waals surface area contributed by atoms with Crippen LogP contribution in [0.3, 0.4) is 0 Å². The number of hydrogen-bond acceptors (Lipinski definition) is 5. The lowest BCUT2D eigenvalue weighted by Crippen LogP contribution is -2.46. The van der Waals surface area contributed by atoms with E-state index in [1.54, 1.807) is 12.1 Å². The molecule has 1 spiro atoms. The molecule has 0 aliphatic carbocycles. The Kier molecular flexibility index (Phi) is 6.65. The average molecular weight is 453 g/mol. The summed E-state index contributed by atoms with van der Waals surface area (Å²) < 4.78 is 10.8. The molecule has 1 aromatic heterocycles. The normalized spacial score (nSPS) is 23.1. The third-order valence-electron chi connectivity index (χ3n) is 6.57. The molecule has 0 aromatic carbocycles. The van der Waals surface area contributed by atoms with Crippen LogP contribution >= 0.6 is 23.8 Å². The lowest BCUT2D eigenvalue weighted by molar-refractivity contribution is 0.0598. The van der Waals surface area contributed by atoms with Crippen LogP contribution in [0.25, 0.3) is 0 Å². The molecule has 0 radical (unpaired) electrons. The number of amides is 1. The second-order valence-electron chi connectivity index (χ2n) is 8.51. The summed E-state index contributed by atoms with van der Waals surface area (Å²) in [4.78, 5) is 21.2. The van der Waals surface area contributed by atoms with Crippen molar-refractivity contribution in [1.82, 2.24) is 20.1 Å². The molecule has 1 atom stereocenters. The molecule has 3 saturated heterocycles. The smallest absolute Gasteiger partial charge is 0.254 e. The van der Waals surface area contributed by atoms with Gasteiger partial charge in [0.1, 0.15) is 5.15 Å². The number of nitrogens with zero attached hydrogens (tertiary/aromatic N) is 3. The number of aromatic nitrogens is 1. The number of thiocarbonyl (C=S) groups is 1. The Morgan fingerprint density at radius 1 is 1.33 bits per heavy atom. The van der Waals surface area contributed by atoms with Crippen LogP contribution in [-0.2, 0) is 4.74 Å². The number of nitrogens with one attached hydrogen (secondary N) is 1. The summed E-state index contributed by atoms with van der Waals surface area (Å²) in [5.74, 6) is 0.339. The fourth-order valence-electron chi connectivity index (χ4n) is 4.70. The number of piperidine rings is 1. The number of likely N-dealkylation sites (tertiary alicyclic amines) is 2. The van der Waals surface area contributed by atoms with E-state index in [2.05, 4.69) is 15.2 Å². The number of pyridine rings is 1. The molecule has 1 aromatic rings. The number of ether oxygens (including phenoxy) is 2. The maximum absolute atomic E-state index is 12.9. The Hall–Kier alpha value is -1.64. The Labute approximate surface area is 188 Å². The van der Waals surface area contributed by atoms with Gasteiger partial charge in [-0.1, -0.05) is 11.6 Å². The van der Waals surface area contributed by atoms with Crippen LogP contribution in [0.2, 0.25) is 5.15 Å². The summed E-state index contributed by atoms with van der Waals surface area (Å²) in [6.45, 7) is 5.07. The SMILES string of the molecule is COc1cc(C(=O)N2CCC3(CC2)CCN(C(=S)NCC2CCCO2)C3)cc(Cl)n1. The van der Waals surface area contributed by atoms with Crippen molar-refractivity contribution >= 4 is 34.8 Å². The van der Waals surface area contributed by atoms with Crippen LogP contribution in [0.4, 0.5) is 0 Å². The highest BCUT2D eigenvalue weighted by molar-refractivity contribution is 7.80. The molecule has 4 heterocycles. The van der Waals surface area contributed by atoms with E-state index in [0.29, 0.717) is 11.4 Å². The summed E-state index contributed by atoms with van der Waals surface area (Å²) in [7, 11) is 1.52. The first kappa shape index (κ1) is 21.6. The van der Waals surface area contributed by atoms with Gasteiger partial charge in [-0.05, 0) is 55.8 Å². The second-order valence-corrected chi connectivity index (χ2v) is 9.28. The molecule has 1 unspecified atom stereocenters. The van der Waals surface area contributed by atoms with Crippen LogP contribution < -0.4 is 10.1 Å². The van der Waals surface area contributed by atoms with E-state index in [1.165, 1.54) is 7.11 Å². The molecule has 3 fully saturated rings. The highest BCUT2D eigenvalue weighted by Crippen LogP contribution is 2.40. The average Bonchev–Trinajstić information content (AvgIpc) is 3.42. The van der Waals surface area contributed by atoms with Crippen molar-refractivity contribution in [1.29, 1.82) is 0 Å². The third-order valence-corrected chi connectivity index (χ3v) is 7.16. The molecular weight excluding hydrogens is 424 g/mol. The molecular formula is C21H29ClN4O3S. The number of carbonyl (C=O) groups is 1. The largest absolute Gasteiger partial charge is 0.481 e. The predicted molar refractivity (Wildman–Crippen MR) is 119 cm³/mol. The van der Waals surface area contributed by atoms with Crippen molar-refractivity contribution in [3.05, 3.63) is 22.8 Å². The van der Waals surface area contributed by atoms with Crippen molar-refractivity contribution in [3.8, 4) is 5.88 Å². The van der Waals surface area contributed by atoms with Gasteiger partial charge in [0, 0.05) is 51.0 Å². The van der Waals surface area contributed by atoms with Crippen LogP contribution in [-0.4, -0.2) is 78.3 Å². The molecule has 4 rings (SSSR count). The van der Waals surface area contributed by atoms with Gasteiger partial charge >= 0.3 is 0 Å². The molecule has 30 heavy (non-hydrogen) atoms. The van der Waals surface area contributed by atoms with Gasteiger partial charge in [0.05, 0.1) is 13.2 Å². The highest BCUT2D eigenvalue weighted by atomic mass is 35.5. The summed E-state index contributed by atoms with van der Waals surface area (Å²) in [5, 5.41) is 4.49. The molecule has 0 bridgehead atoms. The van der Waals surface area contributed by atoms with Crippen molar-refractivity contribution in [2.24, 2.45) is 5.41 Å². The number of halogens is 1. The topological polar surface area (TPSA) is 66.9 Å². The maximum Gasteiger partial charge on any atom is 0.254 e. The second kappa shape index (κ2) is 9.24. The summed E-state index contributed by atoms with van der Waals surface area (Å²) in [6.07, 6.45) is 5.62. The first-order valence-corrected chi connectivity index (χ1v) is 11.4. The molecule has 9 heteroatoms. The molecule has 7 nitrogen and oxygen atoms in total. The van der Waals surface area contributed by atoms with E-state index >= 15 is 0 Å². The Bertz CT molecular complexity index is 794. The Morgan fingerprint density at radius 2 is 2.07 bits per heavy atom. The lowest BCUT2D eigenvalue weighted by atomic mass is 9.77. The van der Waals surface area contributed by atoms with E-state index in [9.17, 15) is 4.79 Å². The van der Waals surface area contributed by atoms with Gasteiger partial charge in [-0.25, -0.2) is 4.98 Å². The first-order chi connectivity index (χ1) is 14.5. The fourth-order valence-corrected chi connectivity index (χ4v) is 5.14. The maximum atomic E-state index is 12.9. The van der Waals surface area contributed by atoms with Crippen LogP contribution in [0.15, 0.2) is 12.1 Å². The Morgan fingerprint density at radius 3 is 2.73 bits per heavy atom. The minimum absolute atomic E-state index is 0.0175. The monoisotopic (exact) mass is 452 g/mol. The summed E-state index contributed by atoms with van der Waals surface area (Å²) in [5.41, 5.74) is 0.760. The third kappa shape index (κ3) is 4.81. The number of carbonyl (C=O) groups excluding carboxylic acids is 1.